The Bertz CT molecular complexity index is 447. The van der Waals surface area contributed by atoms with Gasteiger partial charge in [-0.1, -0.05) is 30.8 Å². The standard InChI is InChI=1S/C10H11N3OS/c1-2-15-10(14)13-9-11-7-5-3-4-6-8(7)12-9/h3-6H,2H2,1H3,(H2,11,12,13,14). The number of para-hydroxylation sites is 2. The van der Waals surface area contributed by atoms with Crippen LogP contribution in [0.4, 0.5) is 10.7 Å². The highest BCUT2D eigenvalue weighted by molar-refractivity contribution is 8.13. The third-order valence-corrected chi connectivity index (χ3v) is 2.54. The summed E-state index contributed by atoms with van der Waals surface area (Å²) in [6.45, 7) is 1.93. The van der Waals surface area contributed by atoms with Crippen molar-refractivity contribution in [2.45, 2.75) is 6.92 Å². The lowest BCUT2D eigenvalue weighted by atomic mass is 10.3. The molecular formula is C10H11N3OS. The molecule has 0 atom stereocenters. The van der Waals surface area contributed by atoms with Crippen LogP contribution in [0.3, 0.4) is 0 Å². The van der Waals surface area contributed by atoms with Crippen molar-refractivity contribution in [3.8, 4) is 0 Å². The van der Waals surface area contributed by atoms with E-state index in [0.717, 1.165) is 16.8 Å². The molecule has 0 unspecified atom stereocenters. The van der Waals surface area contributed by atoms with Crippen LogP contribution in [0.15, 0.2) is 24.3 Å². The fourth-order valence-corrected chi connectivity index (χ4v) is 1.71. The Labute approximate surface area is 91.5 Å². The highest BCUT2D eigenvalue weighted by atomic mass is 32.2. The van der Waals surface area contributed by atoms with Crippen LogP contribution in [0.1, 0.15) is 6.92 Å². The van der Waals surface area contributed by atoms with Gasteiger partial charge >= 0.3 is 0 Å². The first kappa shape index (κ1) is 10.0. The molecule has 5 heteroatoms. The third kappa shape index (κ3) is 2.30. The SMILES string of the molecule is CCSC(=O)Nc1nc2ccccc2[nH]1. The largest absolute Gasteiger partial charge is 0.324 e. The van der Waals surface area contributed by atoms with Crippen LogP contribution in [-0.4, -0.2) is 21.0 Å². The molecule has 0 aliphatic rings. The molecular weight excluding hydrogens is 210 g/mol. The lowest BCUT2D eigenvalue weighted by Crippen LogP contribution is -2.06. The smallest absolute Gasteiger partial charge is 0.285 e. The fourth-order valence-electron chi connectivity index (χ4n) is 1.28. The molecule has 2 aromatic rings. The first-order valence-corrected chi connectivity index (χ1v) is 5.66. The number of rotatable bonds is 2. The number of H-pyrrole nitrogens is 1. The molecule has 0 aliphatic carbocycles. The average Bonchev–Trinajstić information content (AvgIpc) is 2.59. The Morgan fingerprint density at radius 1 is 1.53 bits per heavy atom. The van der Waals surface area contributed by atoms with Crippen LogP contribution in [0.5, 0.6) is 0 Å². The molecule has 0 spiro atoms. The van der Waals surface area contributed by atoms with Crippen molar-refractivity contribution in [1.29, 1.82) is 0 Å². The zero-order valence-corrected chi connectivity index (χ0v) is 9.10. The molecule has 1 heterocycles. The van der Waals surface area contributed by atoms with Gasteiger partial charge in [-0.05, 0) is 17.9 Å². The van der Waals surface area contributed by atoms with E-state index in [-0.39, 0.29) is 5.24 Å². The number of imidazole rings is 1. The monoisotopic (exact) mass is 221 g/mol. The molecule has 4 nitrogen and oxygen atoms in total. The lowest BCUT2D eigenvalue weighted by Gasteiger charge is -1.97. The van der Waals surface area contributed by atoms with Gasteiger partial charge in [0.1, 0.15) is 0 Å². The van der Waals surface area contributed by atoms with Crippen LogP contribution in [0, 0.1) is 0 Å². The predicted molar refractivity (Wildman–Crippen MR) is 63.2 cm³/mol. The number of carbonyl (C=O) groups is 1. The van der Waals surface area contributed by atoms with E-state index < -0.39 is 0 Å². The van der Waals surface area contributed by atoms with Crippen molar-refractivity contribution in [2.24, 2.45) is 0 Å². The molecule has 0 bridgehead atoms. The summed E-state index contributed by atoms with van der Waals surface area (Å²) in [6.07, 6.45) is 0. The van der Waals surface area contributed by atoms with Gasteiger partial charge in [-0.3, -0.25) is 10.1 Å². The van der Waals surface area contributed by atoms with Gasteiger partial charge in [0.15, 0.2) is 0 Å². The summed E-state index contributed by atoms with van der Waals surface area (Å²) in [6, 6.07) is 7.65. The fraction of sp³-hybridized carbons (Fsp3) is 0.200. The van der Waals surface area contributed by atoms with Crippen LogP contribution >= 0.6 is 11.8 Å². The van der Waals surface area contributed by atoms with Gasteiger partial charge in [-0.2, -0.15) is 0 Å². The predicted octanol–water partition coefficient (Wildman–Crippen LogP) is 2.85. The Kier molecular flexibility index (Phi) is 2.91. The second-order valence-corrected chi connectivity index (χ2v) is 4.18. The summed E-state index contributed by atoms with van der Waals surface area (Å²) in [5.74, 6) is 1.26. The molecule has 78 valence electrons. The van der Waals surface area contributed by atoms with E-state index in [1.54, 1.807) is 0 Å². The van der Waals surface area contributed by atoms with E-state index >= 15 is 0 Å². The Morgan fingerprint density at radius 2 is 2.33 bits per heavy atom. The Hall–Kier alpha value is -1.49. The molecule has 0 saturated carbocycles. The van der Waals surface area contributed by atoms with Crippen LogP contribution in [-0.2, 0) is 0 Å². The van der Waals surface area contributed by atoms with E-state index in [9.17, 15) is 4.79 Å². The molecule has 0 radical (unpaired) electrons. The lowest BCUT2D eigenvalue weighted by molar-refractivity contribution is 0.269. The summed E-state index contributed by atoms with van der Waals surface area (Å²) in [7, 11) is 0. The molecule has 0 fully saturated rings. The van der Waals surface area contributed by atoms with Crippen molar-refractivity contribution in [3.05, 3.63) is 24.3 Å². The maximum Gasteiger partial charge on any atom is 0.285 e. The molecule has 0 aliphatic heterocycles. The molecule has 2 N–H and O–H groups in total. The second-order valence-electron chi connectivity index (χ2n) is 2.95. The number of aromatic amines is 1. The number of thioether (sulfide) groups is 1. The van der Waals surface area contributed by atoms with E-state index in [1.165, 1.54) is 11.8 Å². The molecule has 1 aromatic heterocycles. The van der Waals surface area contributed by atoms with Gasteiger partial charge in [0, 0.05) is 0 Å². The van der Waals surface area contributed by atoms with Crippen molar-refractivity contribution >= 4 is 34.0 Å². The highest BCUT2D eigenvalue weighted by Gasteiger charge is 2.05. The zero-order chi connectivity index (χ0) is 10.7. The van der Waals surface area contributed by atoms with Gasteiger partial charge in [0.25, 0.3) is 5.24 Å². The number of hydrogen-bond donors (Lipinski definition) is 2. The number of amides is 1. The Morgan fingerprint density at radius 3 is 3.07 bits per heavy atom. The average molecular weight is 221 g/mol. The van der Waals surface area contributed by atoms with Crippen LogP contribution < -0.4 is 5.32 Å². The molecule has 1 aromatic carbocycles. The van der Waals surface area contributed by atoms with E-state index in [2.05, 4.69) is 15.3 Å². The van der Waals surface area contributed by atoms with Crippen LogP contribution in [0.25, 0.3) is 11.0 Å². The van der Waals surface area contributed by atoms with Crippen molar-refractivity contribution in [3.63, 3.8) is 0 Å². The second kappa shape index (κ2) is 4.35. The van der Waals surface area contributed by atoms with E-state index in [4.69, 9.17) is 0 Å². The number of carbonyl (C=O) groups excluding carboxylic acids is 1. The van der Waals surface area contributed by atoms with Gasteiger partial charge in [-0.15, -0.1) is 0 Å². The van der Waals surface area contributed by atoms with Crippen LogP contribution in [0.2, 0.25) is 0 Å². The number of anilines is 1. The topological polar surface area (TPSA) is 57.8 Å². The normalized spacial score (nSPS) is 10.5. The zero-order valence-electron chi connectivity index (χ0n) is 8.28. The van der Waals surface area contributed by atoms with Gasteiger partial charge in [0.05, 0.1) is 11.0 Å². The number of nitrogens with one attached hydrogen (secondary N) is 2. The minimum Gasteiger partial charge on any atom is -0.324 e. The summed E-state index contributed by atoms with van der Waals surface area (Å²) in [5, 5.41) is 2.60. The summed E-state index contributed by atoms with van der Waals surface area (Å²) in [4.78, 5) is 18.5. The molecule has 2 rings (SSSR count). The quantitative estimate of drug-likeness (QED) is 0.819. The Balaban J connectivity index is 2.18. The van der Waals surface area contributed by atoms with E-state index in [1.807, 2.05) is 31.2 Å². The van der Waals surface area contributed by atoms with Gasteiger partial charge in [0.2, 0.25) is 5.95 Å². The molecule has 0 saturated heterocycles. The number of fused-ring (bicyclic) bond motifs is 1. The van der Waals surface area contributed by atoms with E-state index in [0.29, 0.717) is 5.95 Å². The first-order valence-electron chi connectivity index (χ1n) is 4.68. The summed E-state index contributed by atoms with van der Waals surface area (Å²) >= 11 is 1.23. The number of hydrogen-bond acceptors (Lipinski definition) is 3. The minimum atomic E-state index is -0.0865. The minimum absolute atomic E-state index is 0.0865. The van der Waals surface area contributed by atoms with Gasteiger partial charge < -0.3 is 4.98 Å². The molecule has 15 heavy (non-hydrogen) atoms. The first-order chi connectivity index (χ1) is 7.29. The summed E-state index contributed by atoms with van der Waals surface area (Å²) in [5.41, 5.74) is 1.78. The van der Waals surface area contributed by atoms with Gasteiger partial charge in [-0.25, -0.2) is 4.98 Å². The van der Waals surface area contributed by atoms with Crippen molar-refractivity contribution in [2.75, 3.05) is 11.1 Å². The maximum absolute atomic E-state index is 11.3. The van der Waals surface area contributed by atoms with Crippen molar-refractivity contribution in [1.82, 2.24) is 9.97 Å². The number of nitrogens with zero attached hydrogens (tertiary/aromatic N) is 1. The third-order valence-electron chi connectivity index (χ3n) is 1.89. The molecule has 1 amide bonds. The summed E-state index contributed by atoms with van der Waals surface area (Å²) < 4.78 is 0. The highest BCUT2D eigenvalue weighted by Crippen LogP contribution is 2.14. The van der Waals surface area contributed by atoms with Crippen molar-refractivity contribution < 1.29 is 4.79 Å². The number of benzene rings is 1. The number of aromatic nitrogens is 2. The maximum atomic E-state index is 11.3.